The summed E-state index contributed by atoms with van der Waals surface area (Å²) in [5, 5.41) is 9.31. The molecule has 2 N–H and O–H groups in total. The number of pyridine rings is 1. The average Bonchev–Trinajstić information content (AvgIpc) is 3.11. The first-order valence-corrected chi connectivity index (χ1v) is 8.59. The summed E-state index contributed by atoms with van der Waals surface area (Å²) < 4.78 is 11.0. The Morgan fingerprint density at radius 1 is 1.07 bits per heavy atom. The molecule has 0 fully saturated rings. The van der Waals surface area contributed by atoms with E-state index in [0.717, 1.165) is 11.3 Å². The average molecular weight is 366 g/mol. The molecular formula is C20H22N4O3. The van der Waals surface area contributed by atoms with Gasteiger partial charge in [-0.25, -0.2) is 4.79 Å². The van der Waals surface area contributed by atoms with E-state index < -0.39 is 0 Å². The SMILES string of the molecule is CC(C)(C)c1cc(NC(=O)NCc2ccc(Oc3ccncc3)cc2)no1. The molecule has 27 heavy (non-hydrogen) atoms. The summed E-state index contributed by atoms with van der Waals surface area (Å²) in [6.07, 6.45) is 3.34. The Hall–Kier alpha value is -3.35. The summed E-state index contributed by atoms with van der Waals surface area (Å²) in [6.45, 7) is 6.42. The van der Waals surface area contributed by atoms with Crippen LogP contribution < -0.4 is 15.4 Å². The maximum absolute atomic E-state index is 12.0. The van der Waals surface area contributed by atoms with Crippen LogP contribution in [-0.4, -0.2) is 16.2 Å². The van der Waals surface area contributed by atoms with Crippen molar-refractivity contribution >= 4 is 11.8 Å². The number of ether oxygens (including phenoxy) is 1. The molecule has 0 saturated carbocycles. The van der Waals surface area contributed by atoms with Gasteiger partial charge in [0.25, 0.3) is 0 Å². The van der Waals surface area contributed by atoms with E-state index in [0.29, 0.717) is 23.9 Å². The molecule has 3 aromatic rings. The van der Waals surface area contributed by atoms with Crippen molar-refractivity contribution in [3.8, 4) is 11.5 Å². The molecule has 2 heterocycles. The molecule has 2 aromatic heterocycles. The number of hydrogen-bond acceptors (Lipinski definition) is 5. The van der Waals surface area contributed by atoms with Crippen molar-refractivity contribution in [2.24, 2.45) is 0 Å². The third kappa shape index (κ3) is 5.31. The molecule has 2 amide bonds. The maximum atomic E-state index is 12.0. The van der Waals surface area contributed by atoms with Gasteiger partial charge in [-0.1, -0.05) is 38.1 Å². The number of amides is 2. The normalized spacial score (nSPS) is 11.1. The van der Waals surface area contributed by atoms with E-state index in [2.05, 4.69) is 20.8 Å². The van der Waals surface area contributed by atoms with E-state index in [1.54, 1.807) is 30.6 Å². The van der Waals surface area contributed by atoms with Crippen molar-refractivity contribution in [1.29, 1.82) is 0 Å². The summed E-state index contributed by atoms with van der Waals surface area (Å²) in [6, 6.07) is 12.4. The molecule has 0 aliphatic heterocycles. The summed E-state index contributed by atoms with van der Waals surface area (Å²) in [5.41, 5.74) is 0.784. The lowest BCUT2D eigenvalue weighted by Gasteiger charge is -2.12. The first-order valence-electron chi connectivity index (χ1n) is 8.59. The minimum atomic E-state index is -0.346. The van der Waals surface area contributed by atoms with Crippen molar-refractivity contribution in [1.82, 2.24) is 15.5 Å². The summed E-state index contributed by atoms with van der Waals surface area (Å²) in [4.78, 5) is 16.0. The number of carbonyl (C=O) groups excluding carboxylic acids is 1. The molecule has 0 saturated heterocycles. The van der Waals surface area contributed by atoms with Gasteiger partial charge >= 0.3 is 6.03 Å². The number of carbonyl (C=O) groups is 1. The van der Waals surface area contributed by atoms with Gasteiger partial charge in [-0.15, -0.1) is 0 Å². The molecule has 0 unspecified atom stereocenters. The Bertz CT molecular complexity index is 884. The highest BCUT2D eigenvalue weighted by Crippen LogP contribution is 2.24. The van der Waals surface area contributed by atoms with E-state index in [1.807, 2.05) is 45.0 Å². The van der Waals surface area contributed by atoms with E-state index >= 15 is 0 Å². The Labute approximate surface area is 157 Å². The fourth-order valence-corrected chi connectivity index (χ4v) is 2.25. The first-order chi connectivity index (χ1) is 12.9. The van der Waals surface area contributed by atoms with E-state index in [9.17, 15) is 4.79 Å². The Morgan fingerprint density at radius 3 is 2.37 bits per heavy atom. The molecule has 0 aliphatic rings. The van der Waals surface area contributed by atoms with Crippen LogP contribution in [0.1, 0.15) is 32.1 Å². The molecule has 7 nitrogen and oxygen atoms in total. The van der Waals surface area contributed by atoms with Crippen LogP contribution in [0.5, 0.6) is 11.5 Å². The lowest BCUT2D eigenvalue weighted by atomic mass is 9.93. The highest BCUT2D eigenvalue weighted by atomic mass is 16.5. The highest BCUT2D eigenvalue weighted by Gasteiger charge is 2.20. The van der Waals surface area contributed by atoms with Gasteiger partial charge in [-0.3, -0.25) is 10.3 Å². The van der Waals surface area contributed by atoms with Crippen LogP contribution in [-0.2, 0) is 12.0 Å². The van der Waals surface area contributed by atoms with Gasteiger partial charge < -0.3 is 14.6 Å². The van der Waals surface area contributed by atoms with Crippen molar-refractivity contribution in [3.63, 3.8) is 0 Å². The first kappa shape index (κ1) is 18.4. The van der Waals surface area contributed by atoms with Gasteiger partial charge in [-0.2, -0.15) is 0 Å². The van der Waals surface area contributed by atoms with Crippen molar-refractivity contribution in [2.75, 3.05) is 5.32 Å². The van der Waals surface area contributed by atoms with E-state index in [4.69, 9.17) is 9.26 Å². The Morgan fingerprint density at radius 2 is 1.74 bits per heavy atom. The third-order valence-electron chi connectivity index (χ3n) is 3.75. The number of nitrogens with one attached hydrogen (secondary N) is 2. The quantitative estimate of drug-likeness (QED) is 0.695. The van der Waals surface area contributed by atoms with Crippen LogP contribution in [0.3, 0.4) is 0 Å². The molecule has 7 heteroatoms. The molecule has 0 radical (unpaired) electrons. The van der Waals surface area contributed by atoms with Gasteiger partial charge in [-0.05, 0) is 29.8 Å². The number of urea groups is 1. The second kappa shape index (κ2) is 7.90. The van der Waals surface area contributed by atoms with Crippen LogP contribution in [0.25, 0.3) is 0 Å². The fourth-order valence-electron chi connectivity index (χ4n) is 2.25. The van der Waals surface area contributed by atoms with Gasteiger partial charge in [0, 0.05) is 30.4 Å². The van der Waals surface area contributed by atoms with Gasteiger partial charge in [0.05, 0.1) is 0 Å². The van der Waals surface area contributed by atoms with Crippen LogP contribution in [0.15, 0.2) is 59.4 Å². The Kier molecular flexibility index (Phi) is 5.40. The van der Waals surface area contributed by atoms with Crippen LogP contribution in [0.4, 0.5) is 10.6 Å². The summed E-state index contributed by atoms with van der Waals surface area (Å²) >= 11 is 0. The van der Waals surface area contributed by atoms with E-state index in [-0.39, 0.29) is 11.4 Å². The Balaban J connectivity index is 1.49. The third-order valence-corrected chi connectivity index (χ3v) is 3.75. The minimum absolute atomic E-state index is 0.163. The second-order valence-corrected chi connectivity index (χ2v) is 7.06. The summed E-state index contributed by atoms with van der Waals surface area (Å²) in [5.74, 6) is 2.53. The number of anilines is 1. The minimum Gasteiger partial charge on any atom is -0.457 e. The van der Waals surface area contributed by atoms with E-state index in [1.165, 1.54) is 0 Å². The van der Waals surface area contributed by atoms with Crippen LogP contribution in [0.2, 0.25) is 0 Å². The van der Waals surface area contributed by atoms with Gasteiger partial charge in [0.2, 0.25) is 0 Å². The zero-order valence-electron chi connectivity index (χ0n) is 15.5. The predicted octanol–water partition coefficient (Wildman–Crippen LogP) is 4.48. The van der Waals surface area contributed by atoms with Gasteiger partial charge in [0.1, 0.15) is 17.3 Å². The lowest BCUT2D eigenvalue weighted by molar-refractivity contribution is 0.251. The molecule has 0 aliphatic carbocycles. The van der Waals surface area contributed by atoms with Crippen LogP contribution in [0, 0.1) is 0 Å². The number of rotatable bonds is 5. The summed E-state index contributed by atoms with van der Waals surface area (Å²) in [7, 11) is 0. The van der Waals surface area contributed by atoms with Crippen molar-refractivity contribution in [2.45, 2.75) is 32.7 Å². The van der Waals surface area contributed by atoms with Crippen LogP contribution >= 0.6 is 0 Å². The predicted molar refractivity (Wildman–Crippen MR) is 102 cm³/mol. The number of aromatic nitrogens is 2. The smallest absolute Gasteiger partial charge is 0.320 e. The topological polar surface area (TPSA) is 89.3 Å². The molecular weight excluding hydrogens is 344 g/mol. The monoisotopic (exact) mass is 366 g/mol. The number of benzene rings is 1. The van der Waals surface area contributed by atoms with Gasteiger partial charge in [0.15, 0.2) is 5.82 Å². The molecule has 0 spiro atoms. The second-order valence-electron chi connectivity index (χ2n) is 7.06. The molecule has 0 atom stereocenters. The lowest BCUT2D eigenvalue weighted by Crippen LogP contribution is -2.28. The molecule has 1 aromatic carbocycles. The zero-order chi connectivity index (χ0) is 19.3. The van der Waals surface area contributed by atoms with Crippen molar-refractivity contribution < 1.29 is 14.1 Å². The fraction of sp³-hybridized carbons (Fsp3) is 0.250. The zero-order valence-corrected chi connectivity index (χ0v) is 15.5. The number of hydrogen-bond donors (Lipinski definition) is 2. The molecule has 140 valence electrons. The number of nitrogens with zero attached hydrogens (tertiary/aromatic N) is 2. The largest absolute Gasteiger partial charge is 0.457 e. The molecule has 3 rings (SSSR count). The standard InChI is InChI=1S/C20H22N4O3/c1-20(2,3)17-12-18(24-27-17)23-19(25)22-13-14-4-6-15(7-5-14)26-16-8-10-21-11-9-16/h4-12H,13H2,1-3H3,(H2,22,23,24,25). The highest BCUT2D eigenvalue weighted by molar-refractivity contribution is 5.88. The van der Waals surface area contributed by atoms with Crippen molar-refractivity contribution in [3.05, 3.63) is 66.2 Å². The maximum Gasteiger partial charge on any atom is 0.320 e. The molecule has 0 bridgehead atoms.